The number of halogens is 2. The lowest BCUT2D eigenvalue weighted by atomic mass is 9.87. The largest absolute Gasteiger partial charge is 0.364 e. The second-order valence-electron chi connectivity index (χ2n) is 7.13. The van der Waals surface area contributed by atoms with Crippen LogP contribution in [0.3, 0.4) is 0 Å². The molecule has 26 heavy (non-hydrogen) atoms. The van der Waals surface area contributed by atoms with Crippen molar-refractivity contribution in [1.82, 2.24) is 3.96 Å². The Morgan fingerprint density at radius 1 is 1.04 bits per heavy atom. The smallest absolute Gasteiger partial charge is 0.129 e. The van der Waals surface area contributed by atoms with Crippen LogP contribution in [0, 0.1) is 11.6 Å². The second-order valence-corrected chi connectivity index (χ2v) is 9.29. The van der Waals surface area contributed by atoms with Crippen LogP contribution in [0.1, 0.15) is 24.3 Å². The van der Waals surface area contributed by atoms with Crippen molar-refractivity contribution in [2.75, 3.05) is 11.9 Å². The number of aromatic nitrogens is 1. The maximum atomic E-state index is 6.24. The Kier molecular flexibility index (Phi) is 4.23. The zero-order valence-corrected chi connectivity index (χ0v) is 18.1. The van der Waals surface area contributed by atoms with E-state index in [1.54, 1.807) is 11.5 Å². The van der Waals surface area contributed by atoms with E-state index in [1.807, 2.05) is 18.2 Å². The summed E-state index contributed by atoms with van der Waals surface area (Å²) in [5.74, 6) is 0. The molecule has 4 rings (SSSR count). The van der Waals surface area contributed by atoms with Gasteiger partial charge in [0, 0.05) is 23.9 Å². The van der Waals surface area contributed by atoms with Gasteiger partial charge < -0.3 is 4.90 Å². The fourth-order valence-electron chi connectivity index (χ4n) is 3.41. The summed E-state index contributed by atoms with van der Waals surface area (Å²) in [7, 11) is 2.14. The summed E-state index contributed by atoms with van der Waals surface area (Å²) in [5, 5.41) is 1.08. The lowest BCUT2D eigenvalue weighted by Gasteiger charge is -2.42. The van der Waals surface area contributed by atoms with Gasteiger partial charge in [0.15, 0.2) is 0 Å². The average molecular weight is 421 g/mol. The van der Waals surface area contributed by atoms with Gasteiger partial charge in [-0.25, -0.2) is 0 Å². The number of benzene rings is 2. The highest BCUT2D eigenvalue weighted by Crippen LogP contribution is 2.50. The fraction of sp³-hybridized carbons (Fsp3) is 0.250. The lowest BCUT2D eigenvalue weighted by Crippen LogP contribution is -2.40. The molecule has 2 nitrogen and oxygen atoms in total. The molecule has 2 heterocycles. The summed E-state index contributed by atoms with van der Waals surface area (Å²) in [6, 6.07) is 12.2. The first-order valence-corrected chi connectivity index (χ1v) is 10.2. The SMILES string of the molecule is Cc1ccc2c(c1)-c1c(sn(-c3ccc(Cl)c(Cl)c3)c1=S)C(C)(C)N2C. The molecule has 134 valence electrons. The molecule has 0 radical (unpaired) electrons. The Morgan fingerprint density at radius 3 is 2.46 bits per heavy atom. The van der Waals surface area contributed by atoms with E-state index in [2.05, 4.69) is 54.9 Å². The lowest BCUT2D eigenvalue weighted by molar-refractivity contribution is 0.521. The minimum Gasteiger partial charge on any atom is -0.364 e. The summed E-state index contributed by atoms with van der Waals surface area (Å²) in [6.07, 6.45) is 0. The standard InChI is InChI=1S/C20H18Cl2N2S2/c1-11-5-8-16-13(9-11)17-18(20(2,3)23(16)4)26-24(19(17)25)12-6-7-14(21)15(22)10-12/h5-10H,1-4H3. The van der Waals surface area contributed by atoms with Gasteiger partial charge in [0.2, 0.25) is 0 Å². The Balaban J connectivity index is 2.04. The van der Waals surface area contributed by atoms with Crippen molar-refractivity contribution >= 4 is 52.6 Å². The molecule has 0 spiro atoms. The minimum atomic E-state index is -0.155. The molecule has 0 unspecified atom stereocenters. The maximum absolute atomic E-state index is 6.24. The molecule has 0 amide bonds. The molecule has 0 bridgehead atoms. The molecule has 0 N–H and O–H groups in total. The molecule has 1 aromatic heterocycles. The summed E-state index contributed by atoms with van der Waals surface area (Å²) >= 11 is 19.9. The van der Waals surface area contributed by atoms with Gasteiger partial charge in [-0.15, -0.1) is 0 Å². The predicted octanol–water partition coefficient (Wildman–Crippen LogP) is 7.24. The number of nitrogens with zero attached hydrogens (tertiary/aromatic N) is 2. The van der Waals surface area contributed by atoms with Crippen molar-refractivity contribution < 1.29 is 0 Å². The first-order valence-electron chi connectivity index (χ1n) is 8.29. The summed E-state index contributed by atoms with van der Waals surface area (Å²) in [6.45, 7) is 6.58. The third-order valence-electron chi connectivity index (χ3n) is 5.12. The Morgan fingerprint density at radius 2 is 1.77 bits per heavy atom. The number of hydrogen-bond acceptors (Lipinski definition) is 3. The van der Waals surface area contributed by atoms with E-state index in [4.69, 9.17) is 35.4 Å². The van der Waals surface area contributed by atoms with Gasteiger partial charge in [0.05, 0.1) is 26.1 Å². The molecule has 0 saturated heterocycles. The molecule has 2 aromatic carbocycles. The highest BCUT2D eigenvalue weighted by atomic mass is 35.5. The van der Waals surface area contributed by atoms with Crippen LogP contribution in [-0.2, 0) is 5.54 Å². The van der Waals surface area contributed by atoms with E-state index in [-0.39, 0.29) is 5.54 Å². The van der Waals surface area contributed by atoms with Crippen molar-refractivity contribution in [3.05, 3.63) is 61.5 Å². The highest BCUT2D eigenvalue weighted by molar-refractivity contribution is 7.71. The number of fused-ring (bicyclic) bond motifs is 3. The van der Waals surface area contributed by atoms with Crippen LogP contribution in [0.15, 0.2) is 36.4 Å². The van der Waals surface area contributed by atoms with Crippen LogP contribution in [-0.4, -0.2) is 11.0 Å². The fourth-order valence-corrected chi connectivity index (χ4v) is 5.43. The van der Waals surface area contributed by atoms with Crippen molar-refractivity contribution in [3.63, 3.8) is 0 Å². The van der Waals surface area contributed by atoms with Crippen LogP contribution in [0.2, 0.25) is 10.0 Å². The first kappa shape index (κ1) is 18.1. The van der Waals surface area contributed by atoms with Gasteiger partial charge in [-0.3, -0.25) is 3.96 Å². The molecule has 6 heteroatoms. The highest BCUT2D eigenvalue weighted by Gasteiger charge is 2.38. The number of rotatable bonds is 1. The molecular formula is C20H18Cl2N2S2. The third-order valence-corrected chi connectivity index (χ3v) is 7.83. The normalized spacial score (nSPS) is 14.9. The number of aryl methyl sites for hydroxylation is 1. The van der Waals surface area contributed by atoms with E-state index >= 15 is 0 Å². The molecule has 0 saturated carbocycles. The molecule has 0 atom stereocenters. The predicted molar refractivity (Wildman–Crippen MR) is 116 cm³/mol. The van der Waals surface area contributed by atoms with E-state index in [0.29, 0.717) is 10.0 Å². The van der Waals surface area contributed by atoms with Crippen molar-refractivity contribution in [2.24, 2.45) is 0 Å². The van der Waals surface area contributed by atoms with Gasteiger partial charge in [0.25, 0.3) is 0 Å². The second kappa shape index (κ2) is 6.10. The van der Waals surface area contributed by atoms with E-state index in [0.717, 1.165) is 15.9 Å². The van der Waals surface area contributed by atoms with Crippen LogP contribution in [0.5, 0.6) is 0 Å². The summed E-state index contributed by atoms with van der Waals surface area (Å²) < 4.78 is 2.89. The topological polar surface area (TPSA) is 8.17 Å². The van der Waals surface area contributed by atoms with Gasteiger partial charge in [-0.05, 0) is 51.1 Å². The van der Waals surface area contributed by atoms with E-state index in [9.17, 15) is 0 Å². The average Bonchev–Trinajstić information content (AvgIpc) is 2.94. The van der Waals surface area contributed by atoms with Crippen molar-refractivity contribution in [1.29, 1.82) is 0 Å². The molecular weight excluding hydrogens is 403 g/mol. The Hall–Kier alpha value is -1.33. The molecule has 0 aliphatic carbocycles. The molecule has 0 fully saturated rings. The number of hydrogen-bond donors (Lipinski definition) is 0. The number of anilines is 1. The van der Waals surface area contributed by atoms with Crippen LogP contribution in [0.4, 0.5) is 5.69 Å². The monoisotopic (exact) mass is 420 g/mol. The zero-order valence-electron chi connectivity index (χ0n) is 14.9. The first-order chi connectivity index (χ1) is 12.2. The summed E-state index contributed by atoms with van der Waals surface area (Å²) in [5.41, 5.74) is 5.57. The molecule has 1 aliphatic heterocycles. The van der Waals surface area contributed by atoms with Crippen molar-refractivity contribution in [2.45, 2.75) is 26.3 Å². The molecule has 1 aliphatic rings. The van der Waals surface area contributed by atoms with Crippen LogP contribution < -0.4 is 4.90 Å². The van der Waals surface area contributed by atoms with Gasteiger partial charge in [-0.1, -0.05) is 58.6 Å². The van der Waals surface area contributed by atoms with Gasteiger partial charge in [-0.2, -0.15) is 0 Å². The molecule has 3 aromatic rings. The van der Waals surface area contributed by atoms with E-state index < -0.39 is 0 Å². The van der Waals surface area contributed by atoms with Gasteiger partial charge in [0.1, 0.15) is 4.64 Å². The minimum absolute atomic E-state index is 0.155. The third kappa shape index (κ3) is 2.55. The van der Waals surface area contributed by atoms with Crippen LogP contribution >= 0.6 is 47.0 Å². The Labute approximate surface area is 172 Å². The van der Waals surface area contributed by atoms with Crippen LogP contribution in [0.25, 0.3) is 16.8 Å². The van der Waals surface area contributed by atoms with Gasteiger partial charge >= 0.3 is 0 Å². The summed E-state index contributed by atoms with van der Waals surface area (Å²) in [4.78, 5) is 3.59. The van der Waals surface area contributed by atoms with E-state index in [1.165, 1.54) is 21.7 Å². The van der Waals surface area contributed by atoms with Crippen molar-refractivity contribution in [3.8, 4) is 16.8 Å². The zero-order chi connectivity index (χ0) is 18.8. The maximum Gasteiger partial charge on any atom is 0.129 e. The quantitative estimate of drug-likeness (QED) is 0.383. The Bertz CT molecular complexity index is 1100.